The number of aliphatic imine (C=N–C) groups is 1. The number of ether oxygens (including phenoxy) is 1. The van der Waals surface area contributed by atoms with E-state index in [4.69, 9.17) is 16.3 Å². The predicted molar refractivity (Wildman–Crippen MR) is 147 cm³/mol. The zero-order valence-corrected chi connectivity index (χ0v) is 21.8. The highest BCUT2D eigenvalue weighted by atomic mass is 35.5. The lowest BCUT2D eigenvalue weighted by Crippen LogP contribution is -2.46. The van der Waals surface area contributed by atoms with Crippen molar-refractivity contribution < 1.29 is 19.1 Å². The average Bonchev–Trinajstić information content (AvgIpc) is 2.90. The standard InChI is InChI=1S/C28H26ClN3O4S/c1-2-36-27(35)20-8-12-22(13-9-20)30-26(34)24-18-25(33)32(17-16-19-6-4-3-5-7-19)28(37-24)31-23-14-10-21(29)11-15-23/h3-15,24H,2,16-18H2,1H3,(H,30,34)/t24-/m1/s1. The summed E-state index contributed by atoms with van der Waals surface area (Å²) in [6.45, 7) is 2.47. The third-order valence-corrected chi connectivity index (χ3v) is 7.05. The Labute approximate surface area is 224 Å². The molecule has 0 aliphatic carbocycles. The zero-order valence-electron chi connectivity index (χ0n) is 20.2. The minimum absolute atomic E-state index is 0.0475. The number of halogens is 1. The maximum Gasteiger partial charge on any atom is 0.338 e. The Kier molecular flexibility index (Phi) is 8.98. The van der Waals surface area contributed by atoms with Crippen molar-refractivity contribution in [3.63, 3.8) is 0 Å². The molecule has 37 heavy (non-hydrogen) atoms. The summed E-state index contributed by atoms with van der Waals surface area (Å²) in [5.41, 5.74) is 2.67. The van der Waals surface area contributed by atoms with Crippen LogP contribution < -0.4 is 5.32 Å². The number of carbonyl (C=O) groups excluding carboxylic acids is 3. The number of benzene rings is 3. The Morgan fingerprint density at radius 2 is 1.76 bits per heavy atom. The van der Waals surface area contributed by atoms with E-state index >= 15 is 0 Å². The molecule has 1 aliphatic rings. The molecule has 0 aromatic heterocycles. The van der Waals surface area contributed by atoms with Crippen LogP contribution in [0, 0.1) is 0 Å². The second-order valence-corrected chi connectivity index (χ2v) is 9.86. The van der Waals surface area contributed by atoms with Crippen LogP contribution in [0.2, 0.25) is 5.02 Å². The molecule has 2 amide bonds. The molecule has 1 fully saturated rings. The van der Waals surface area contributed by atoms with Crippen molar-refractivity contribution in [2.75, 3.05) is 18.5 Å². The second kappa shape index (κ2) is 12.6. The summed E-state index contributed by atoms with van der Waals surface area (Å²) < 4.78 is 4.99. The van der Waals surface area contributed by atoms with E-state index in [0.717, 1.165) is 5.56 Å². The van der Waals surface area contributed by atoms with Crippen LogP contribution in [-0.4, -0.2) is 46.3 Å². The van der Waals surface area contributed by atoms with Crippen LogP contribution in [0.3, 0.4) is 0 Å². The van der Waals surface area contributed by atoms with Crippen molar-refractivity contribution in [3.05, 3.63) is 95.0 Å². The molecule has 4 rings (SSSR count). The number of hydrogen-bond donors (Lipinski definition) is 1. The number of amidine groups is 1. The fourth-order valence-corrected chi connectivity index (χ4v) is 4.95. The monoisotopic (exact) mass is 535 g/mol. The number of hydrogen-bond acceptors (Lipinski definition) is 6. The Balaban J connectivity index is 1.50. The minimum Gasteiger partial charge on any atom is -0.462 e. The minimum atomic E-state index is -0.656. The number of esters is 1. The first-order chi connectivity index (χ1) is 17.9. The lowest BCUT2D eigenvalue weighted by molar-refractivity contribution is -0.129. The number of anilines is 1. The molecule has 1 saturated heterocycles. The van der Waals surface area contributed by atoms with Gasteiger partial charge in [-0.3, -0.25) is 14.5 Å². The molecule has 3 aromatic rings. The molecule has 0 unspecified atom stereocenters. The van der Waals surface area contributed by atoms with Crippen LogP contribution in [-0.2, 0) is 20.7 Å². The van der Waals surface area contributed by atoms with Crippen molar-refractivity contribution in [1.82, 2.24) is 4.90 Å². The normalized spacial score (nSPS) is 16.5. The number of rotatable bonds is 8. The summed E-state index contributed by atoms with van der Waals surface area (Å²) in [5, 5.41) is 3.24. The molecule has 0 saturated carbocycles. The molecule has 7 nitrogen and oxygen atoms in total. The van der Waals surface area contributed by atoms with Gasteiger partial charge in [-0.25, -0.2) is 9.79 Å². The highest BCUT2D eigenvalue weighted by Crippen LogP contribution is 2.30. The second-order valence-electron chi connectivity index (χ2n) is 8.25. The van der Waals surface area contributed by atoms with E-state index in [9.17, 15) is 14.4 Å². The molecule has 0 bridgehead atoms. The lowest BCUT2D eigenvalue weighted by atomic mass is 10.1. The van der Waals surface area contributed by atoms with E-state index in [1.165, 1.54) is 11.8 Å². The summed E-state index contributed by atoms with van der Waals surface area (Å²) >= 11 is 7.27. The van der Waals surface area contributed by atoms with Gasteiger partial charge in [-0.15, -0.1) is 0 Å². The van der Waals surface area contributed by atoms with E-state index < -0.39 is 11.2 Å². The summed E-state index contributed by atoms with van der Waals surface area (Å²) in [5.74, 6) is -0.901. The Morgan fingerprint density at radius 1 is 1.05 bits per heavy atom. The van der Waals surface area contributed by atoms with Gasteiger partial charge in [0, 0.05) is 23.7 Å². The molecule has 190 valence electrons. The van der Waals surface area contributed by atoms with Crippen molar-refractivity contribution in [2.24, 2.45) is 4.99 Å². The zero-order chi connectivity index (χ0) is 26.2. The van der Waals surface area contributed by atoms with E-state index in [0.29, 0.717) is 40.1 Å². The van der Waals surface area contributed by atoms with Crippen LogP contribution in [0.25, 0.3) is 0 Å². The van der Waals surface area contributed by atoms with Crippen molar-refractivity contribution in [2.45, 2.75) is 25.0 Å². The van der Waals surface area contributed by atoms with Gasteiger partial charge in [0.2, 0.25) is 11.8 Å². The van der Waals surface area contributed by atoms with E-state index in [-0.39, 0.29) is 24.8 Å². The molecule has 9 heteroatoms. The first-order valence-corrected chi connectivity index (χ1v) is 13.1. The van der Waals surface area contributed by atoms with Gasteiger partial charge in [0.05, 0.1) is 17.9 Å². The van der Waals surface area contributed by atoms with Crippen molar-refractivity contribution >= 4 is 57.7 Å². The van der Waals surface area contributed by atoms with E-state index in [1.807, 2.05) is 30.3 Å². The number of carbonyl (C=O) groups is 3. The summed E-state index contributed by atoms with van der Waals surface area (Å²) in [6, 6.07) is 23.3. The highest BCUT2D eigenvalue weighted by Gasteiger charge is 2.35. The first kappa shape index (κ1) is 26.4. The largest absolute Gasteiger partial charge is 0.462 e. The maximum atomic E-state index is 13.2. The molecule has 0 spiro atoms. The molecule has 0 radical (unpaired) electrons. The van der Waals surface area contributed by atoms with Gasteiger partial charge in [-0.1, -0.05) is 53.7 Å². The Hall–Kier alpha value is -3.62. The molecule has 1 aliphatic heterocycles. The van der Waals surface area contributed by atoms with Gasteiger partial charge in [0.25, 0.3) is 0 Å². The number of nitrogens with zero attached hydrogens (tertiary/aromatic N) is 2. The van der Waals surface area contributed by atoms with Gasteiger partial charge >= 0.3 is 5.97 Å². The SMILES string of the molecule is CCOC(=O)c1ccc(NC(=O)[C@H]2CC(=O)N(CCc3ccccc3)C(=Nc3ccc(Cl)cc3)S2)cc1. The van der Waals surface area contributed by atoms with Crippen molar-refractivity contribution in [1.29, 1.82) is 0 Å². The van der Waals surface area contributed by atoms with Gasteiger partial charge < -0.3 is 10.1 Å². The van der Waals surface area contributed by atoms with Crippen molar-refractivity contribution in [3.8, 4) is 0 Å². The number of nitrogens with one attached hydrogen (secondary N) is 1. The third-order valence-electron chi connectivity index (χ3n) is 5.61. The van der Waals surface area contributed by atoms with Crippen LogP contribution in [0.1, 0.15) is 29.3 Å². The smallest absolute Gasteiger partial charge is 0.338 e. The highest BCUT2D eigenvalue weighted by molar-refractivity contribution is 8.15. The molecular formula is C28H26ClN3O4S. The topological polar surface area (TPSA) is 88.1 Å². The number of amides is 2. The van der Waals surface area contributed by atoms with Crippen LogP contribution in [0.4, 0.5) is 11.4 Å². The Bertz CT molecular complexity index is 1280. The van der Waals surface area contributed by atoms with Crippen LogP contribution in [0.5, 0.6) is 0 Å². The fraction of sp³-hybridized carbons (Fsp3) is 0.214. The third kappa shape index (κ3) is 7.21. The fourth-order valence-electron chi connectivity index (χ4n) is 3.70. The van der Waals surface area contributed by atoms with Gasteiger partial charge in [0.1, 0.15) is 5.25 Å². The van der Waals surface area contributed by atoms with E-state index in [1.54, 1.807) is 60.4 Å². The summed E-state index contributed by atoms with van der Waals surface area (Å²) in [7, 11) is 0. The maximum absolute atomic E-state index is 13.2. The first-order valence-electron chi connectivity index (χ1n) is 11.9. The number of thioether (sulfide) groups is 1. The summed E-state index contributed by atoms with van der Waals surface area (Å²) in [6.07, 6.45) is 0.711. The van der Waals surface area contributed by atoms with Crippen LogP contribution in [0.15, 0.2) is 83.9 Å². The molecular weight excluding hydrogens is 510 g/mol. The van der Waals surface area contributed by atoms with E-state index in [2.05, 4.69) is 10.3 Å². The quantitative estimate of drug-likeness (QED) is 0.373. The lowest BCUT2D eigenvalue weighted by Gasteiger charge is -2.32. The molecule has 1 atom stereocenters. The Morgan fingerprint density at radius 3 is 2.43 bits per heavy atom. The molecule has 1 heterocycles. The predicted octanol–water partition coefficient (Wildman–Crippen LogP) is 5.72. The molecule has 3 aromatic carbocycles. The molecule has 1 N–H and O–H groups in total. The summed E-state index contributed by atoms with van der Waals surface area (Å²) in [4.78, 5) is 44.5. The van der Waals surface area contributed by atoms with Gasteiger partial charge in [0.15, 0.2) is 5.17 Å². The van der Waals surface area contributed by atoms with Gasteiger partial charge in [-0.2, -0.15) is 0 Å². The van der Waals surface area contributed by atoms with Gasteiger partial charge in [-0.05, 0) is 67.4 Å². The average molecular weight is 536 g/mol. The van der Waals surface area contributed by atoms with Crippen LogP contribution >= 0.6 is 23.4 Å².